The van der Waals surface area contributed by atoms with E-state index in [-0.39, 0.29) is 17.2 Å². The summed E-state index contributed by atoms with van der Waals surface area (Å²) in [5.74, 6) is 0.928. The third-order valence-electron chi connectivity index (χ3n) is 3.64. The van der Waals surface area contributed by atoms with E-state index in [2.05, 4.69) is 9.97 Å². The van der Waals surface area contributed by atoms with Crippen molar-refractivity contribution in [2.24, 2.45) is 0 Å². The van der Waals surface area contributed by atoms with Crippen molar-refractivity contribution in [3.8, 4) is 5.75 Å². The Morgan fingerprint density at radius 2 is 2.12 bits per heavy atom. The zero-order chi connectivity index (χ0) is 18.2. The van der Waals surface area contributed by atoms with E-state index < -0.39 is 0 Å². The van der Waals surface area contributed by atoms with Crippen molar-refractivity contribution in [3.05, 3.63) is 51.9 Å². The quantitative estimate of drug-likeness (QED) is 0.577. The second-order valence-electron chi connectivity index (χ2n) is 5.64. The molecule has 7 heteroatoms. The van der Waals surface area contributed by atoms with Gasteiger partial charge in [0, 0.05) is 30.9 Å². The Morgan fingerprint density at radius 1 is 1.36 bits per heavy atom. The highest BCUT2D eigenvalue weighted by atomic mass is 32.2. The number of hydrogen-bond acceptors (Lipinski definition) is 5. The van der Waals surface area contributed by atoms with E-state index >= 15 is 0 Å². The number of benzene rings is 1. The number of nitrogens with zero attached hydrogens (tertiary/aromatic N) is 2. The topological polar surface area (TPSA) is 75.3 Å². The number of carbonyl (C=O) groups excluding carboxylic acids is 1. The first-order chi connectivity index (χ1) is 12.0. The number of para-hydroxylation sites is 1. The van der Waals surface area contributed by atoms with E-state index in [4.69, 9.17) is 4.74 Å². The summed E-state index contributed by atoms with van der Waals surface area (Å²) in [6.07, 6.45) is 1.67. The number of methoxy groups -OCH3 is 1. The molecule has 1 aromatic heterocycles. The molecule has 0 radical (unpaired) electrons. The number of amides is 1. The zero-order valence-electron chi connectivity index (χ0n) is 14.7. The number of H-pyrrole nitrogens is 1. The van der Waals surface area contributed by atoms with Crippen LogP contribution in [0.4, 0.5) is 0 Å². The Kier molecular flexibility index (Phi) is 7.06. The van der Waals surface area contributed by atoms with E-state index in [1.807, 2.05) is 31.2 Å². The maximum Gasteiger partial charge on any atom is 0.251 e. The summed E-state index contributed by atoms with van der Waals surface area (Å²) in [6.45, 7) is 2.50. The van der Waals surface area contributed by atoms with Crippen LogP contribution in [0.5, 0.6) is 5.75 Å². The minimum absolute atomic E-state index is 0.0422. The molecule has 0 bridgehead atoms. The van der Waals surface area contributed by atoms with E-state index in [0.717, 1.165) is 29.8 Å². The number of rotatable bonds is 8. The second kappa shape index (κ2) is 9.27. The molecule has 0 atom stereocenters. The van der Waals surface area contributed by atoms with Gasteiger partial charge in [0.1, 0.15) is 5.75 Å². The van der Waals surface area contributed by atoms with Crippen molar-refractivity contribution in [2.45, 2.75) is 31.5 Å². The maximum atomic E-state index is 12.4. The number of ether oxygens (including phenoxy) is 1. The average molecular weight is 361 g/mol. The van der Waals surface area contributed by atoms with Gasteiger partial charge in [0.15, 0.2) is 5.16 Å². The Hall–Kier alpha value is -2.28. The van der Waals surface area contributed by atoms with Crippen LogP contribution >= 0.6 is 11.8 Å². The molecule has 0 unspecified atom stereocenters. The molecule has 2 aromatic rings. The normalized spacial score (nSPS) is 10.5. The fraction of sp³-hybridized carbons (Fsp3) is 0.389. The minimum atomic E-state index is -0.184. The Bertz CT molecular complexity index is 776. The zero-order valence-corrected chi connectivity index (χ0v) is 15.6. The summed E-state index contributed by atoms with van der Waals surface area (Å²) in [5, 5.41) is 0.481. The van der Waals surface area contributed by atoms with Crippen molar-refractivity contribution >= 4 is 17.7 Å². The SMILES string of the molecule is CCCc1cc(=O)[nH]c(SCC(=O)N(C)Cc2ccccc2OC)n1. The number of aryl methyl sites for hydroxylation is 1. The first-order valence-electron chi connectivity index (χ1n) is 8.12. The van der Waals surface area contributed by atoms with E-state index in [1.165, 1.54) is 17.8 Å². The Labute approximate surface area is 151 Å². The van der Waals surface area contributed by atoms with Crippen LogP contribution in [0.15, 0.2) is 40.3 Å². The van der Waals surface area contributed by atoms with Gasteiger partial charge >= 0.3 is 0 Å². The van der Waals surface area contributed by atoms with Gasteiger partial charge in [-0.05, 0) is 12.5 Å². The molecule has 2 rings (SSSR count). The van der Waals surface area contributed by atoms with Gasteiger partial charge in [-0.1, -0.05) is 43.3 Å². The van der Waals surface area contributed by atoms with Gasteiger partial charge in [-0.15, -0.1) is 0 Å². The number of carbonyl (C=O) groups is 1. The number of thioether (sulfide) groups is 1. The van der Waals surface area contributed by atoms with Crippen LogP contribution in [0.2, 0.25) is 0 Å². The lowest BCUT2D eigenvalue weighted by Gasteiger charge is -2.18. The van der Waals surface area contributed by atoms with Gasteiger partial charge in [-0.3, -0.25) is 9.59 Å². The third kappa shape index (κ3) is 5.63. The van der Waals surface area contributed by atoms with Gasteiger partial charge < -0.3 is 14.6 Å². The maximum absolute atomic E-state index is 12.4. The molecular formula is C18H23N3O3S. The molecule has 1 amide bonds. The molecule has 0 saturated carbocycles. The molecule has 1 N–H and O–H groups in total. The van der Waals surface area contributed by atoms with Crippen LogP contribution in [0.3, 0.4) is 0 Å². The fourth-order valence-electron chi connectivity index (χ4n) is 2.35. The molecule has 0 spiro atoms. The van der Waals surface area contributed by atoms with Crippen molar-refractivity contribution in [1.29, 1.82) is 0 Å². The molecule has 0 aliphatic heterocycles. The number of aromatic amines is 1. The van der Waals surface area contributed by atoms with Crippen molar-refractivity contribution in [2.75, 3.05) is 19.9 Å². The van der Waals surface area contributed by atoms with Gasteiger partial charge in [0.05, 0.1) is 12.9 Å². The molecule has 1 aromatic carbocycles. The number of hydrogen-bond donors (Lipinski definition) is 1. The number of nitrogens with one attached hydrogen (secondary N) is 1. The predicted octanol–water partition coefficient (Wildman–Crippen LogP) is 2.48. The third-order valence-corrected chi connectivity index (χ3v) is 4.50. The molecule has 0 aliphatic rings. The monoisotopic (exact) mass is 361 g/mol. The summed E-state index contributed by atoms with van der Waals surface area (Å²) in [6, 6.07) is 9.12. The first kappa shape index (κ1) is 19.1. The second-order valence-corrected chi connectivity index (χ2v) is 6.61. The average Bonchev–Trinajstić information content (AvgIpc) is 2.60. The van der Waals surface area contributed by atoms with Crippen molar-refractivity contribution < 1.29 is 9.53 Å². The summed E-state index contributed by atoms with van der Waals surface area (Å²) in [4.78, 5) is 32.7. The summed E-state index contributed by atoms with van der Waals surface area (Å²) >= 11 is 1.24. The van der Waals surface area contributed by atoms with Crippen molar-refractivity contribution in [1.82, 2.24) is 14.9 Å². The molecule has 0 fully saturated rings. The standard InChI is InChI=1S/C18H23N3O3S/c1-4-7-14-10-16(22)20-18(19-14)25-12-17(23)21(2)11-13-8-5-6-9-15(13)24-3/h5-6,8-10H,4,7,11-12H2,1-3H3,(H,19,20,22). The fourth-order valence-corrected chi connectivity index (χ4v) is 3.19. The lowest BCUT2D eigenvalue weighted by molar-refractivity contribution is -0.127. The van der Waals surface area contributed by atoms with E-state index in [0.29, 0.717) is 11.7 Å². The summed E-state index contributed by atoms with van der Waals surface area (Å²) < 4.78 is 5.31. The van der Waals surface area contributed by atoms with Gasteiger partial charge in [-0.25, -0.2) is 4.98 Å². The molecule has 0 aliphatic carbocycles. The minimum Gasteiger partial charge on any atom is -0.496 e. The number of aromatic nitrogens is 2. The summed E-state index contributed by atoms with van der Waals surface area (Å²) in [7, 11) is 3.36. The predicted molar refractivity (Wildman–Crippen MR) is 99.0 cm³/mol. The molecule has 1 heterocycles. The van der Waals surface area contributed by atoms with Gasteiger partial charge in [0.25, 0.3) is 5.56 Å². The highest BCUT2D eigenvalue weighted by Gasteiger charge is 2.13. The van der Waals surface area contributed by atoms with Crippen molar-refractivity contribution in [3.63, 3.8) is 0 Å². The van der Waals surface area contributed by atoms with Crippen LogP contribution in [0.1, 0.15) is 24.6 Å². The molecule has 6 nitrogen and oxygen atoms in total. The molecule has 134 valence electrons. The highest BCUT2D eigenvalue weighted by Crippen LogP contribution is 2.19. The van der Waals surface area contributed by atoms with Crippen LogP contribution in [-0.2, 0) is 17.8 Å². The highest BCUT2D eigenvalue weighted by molar-refractivity contribution is 7.99. The van der Waals surface area contributed by atoms with Gasteiger partial charge in [0.2, 0.25) is 5.91 Å². The molecule has 0 saturated heterocycles. The Morgan fingerprint density at radius 3 is 2.84 bits per heavy atom. The lowest BCUT2D eigenvalue weighted by atomic mass is 10.2. The summed E-state index contributed by atoms with van der Waals surface area (Å²) in [5.41, 5.74) is 1.52. The van der Waals surface area contributed by atoms with Crippen LogP contribution in [0, 0.1) is 0 Å². The smallest absolute Gasteiger partial charge is 0.251 e. The molecular weight excluding hydrogens is 338 g/mol. The largest absolute Gasteiger partial charge is 0.496 e. The van der Waals surface area contributed by atoms with E-state index in [9.17, 15) is 9.59 Å². The van der Waals surface area contributed by atoms with Crippen LogP contribution in [-0.4, -0.2) is 40.7 Å². The first-order valence-corrected chi connectivity index (χ1v) is 9.11. The van der Waals surface area contributed by atoms with Gasteiger partial charge in [-0.2, -0.15) is 0 Å². The molecule has 25 heavy (non-hydrogen) atoms. The Balaban J connectivity index is 1.96. The van der Waals surface area contributed by atoms with E-state index in [1.54, 1.807) is 19.1 Å². The van der Waals surface area contributed by atoms with Crippen LogP contribution < -0.4 is 10.3 Å². The lowest BCUT2D eigenvalue weighted by Crippen LogP contribution is -2.28. The van der Waals surface area contributed by atoms with Crippen LogP contribution in [0.25, 0.3) is 0 Å².